The fourth-order valence-corrected chi connectivity index (χ4v) is 2.47. The molecule has 1 aromatic carbocycles. The zero-order valence-corrected chi connectivity index (χ0v) is 11.9. The van der Waals surface area contributed by atoms with Crippen LogP contribution in [0.1, 0.15) is 43.2 Å². The van der Waals surface area contributed by atoms with Crippen molar-refractivity contribution >= 4 is 5.91 Å². The molecule has 0 saturated carbocycles. The number of hydrogen-bond donors (Lipinski definition) is 2. The van der Waals surface area contributed by atoms with Crippen molar-refractivity contribution in [2.75, 3.05) is 13.1 Å². The molecule has 1 amide bonds. The molecular formula is C16H24N2O. The largest absolute Gasteiger partial charge is 0.354 e. The SMILES string of the molecule is Cc1ccc(C(C)CNC(=O)C2CCCCN2)cc1. The van der Waals surface area contributed by atoms with E-state index in [1.54, 1.807) is 0 Å². The number of aryl methyl sites for hydroxylation is 1. The molecule has 2 rings (SSSR count). The van der Waals surface area contributed by atoms with Crippen LogP contribution in [0.4, 0.5) is 0 Å². The van der Waals surface area contributed by atoms with Gasteiger partial charge in [-0.25, -0.2) is 0 Å². The molecule has 0 aromatic heterocycles. The summed E-state index contributed by atoms with van der Waals surface area (Å²) in [6.07, 6.45) is 3.30. The van der Waals surface area contributed by atoms with E-state index in [-0.39, 0.29) is 11.9 Å². The average Bonchev–Trinajstić information content (AvgIpc) is 2.46. The summed E-state index contributed by atoms with van der Waals surface area (Å²) in [4.78, 5) is 12.0. The predicted octanol–water partition coefficient (Wildman–Crippen LogP) is 2.36. The van der Waals surface area contributed by atoms with Crippen LogP contribution in [0.15, 0.2) is 24.3 Å². The lowest BCUT2D eigenvalue weighted by Gasteiger charge is -2.23. The van der Waals surface area contributed by atoms with Gasteiger partial charge in [0.15, 0.2) is 0 Å². The van der Waals surface area contributed by atoms with Crippen LogP contribution in [-0.4, -0.2) is 25.0 Å². The van der Waals surface area contributed by atoms with Gasteiger partial charge < -0.3 is 10.6 Å². The highest BCUT2D eigenvalue weighted by molar-refractivity contribution is 5.81. The summed E-state index contributed by atoms with van der Waals surface area (Å²) in [5.41, 5.74) is 2.55. The number of nitrogens with one attached hydrogen (secondary N) is 2. The second-order valence-electron chi connectivity index (χ2n) is 5.56. The van der Waals surface area contributed by atoms with Gasteiger partial charge in [-0.05, 0) is 37.8 Å². The molecule has 2 unspecified atom stereocenters. The first-order chi connectivity index (χ1) is 9.16. The zero-order valence-electron chi connectivity index (χ0n) is 11.9. The van der Waals surface area contributed by atoms with E-state index in [1.807, 2.05) is 0 Å². The first kappa shape index (κ1) is 14.1. The maximum Gasteiger partial charge on any atom is 0.237 e. The Labute approximate surface area is 115 Å². The molecule has 2 N–H and O–H groups in total. The second-order valence-corrected chi connectivity index (χ2v) is 5.56. The fraction of sp³-hybridized carbons (Fsp3) is 0.562. The average molecular weight is 260 g/mol. The molecule has 1 fully saturated rings. The van der Waals surface area contributed by atoms with Gasteiger partial charge in [0, 0.05) is 6.54 Å². The van der Waals surface area contributed by atoms with E-state index in [4.69, 9.17) is 0 Å². The Balaban J connectivity index is 1.80. The minimum absolute atomic E-state index is 0.0129. The fourth-order valence-electron chi connectivity index (χ4n) is 2.47. The molecule has 0 aliphatic carbocycles. The van der Waals surface area contributed by atoms with Crippen molar-refractivity contribution in [3.63, 3.8) is 0 Å². The Hall–Kier alpha value is -1.35. The Morgan fingerprint density at radius 2 is 2.11 bits per heavy atom. The number of amides is 1. The van der Waals surface area contributed by atoms with Gasteiger partial charge >= 0.3 is 0 Å². The number of carbonyl (C=O) groups excluding carboxylic acids is 1. The van der Waals surface area contributed by atoms with Gasteiger partial charge in [-0.1, -0.05) is 43.2 Å². The van der Waals surface area contributed by atoms with Crippen LogP contribution in [0.25, 0.3) is 0 Å². The highest BCUT2D eigenvalue weighted by Gasteiger charge is 2.20. The Kier molecular flexibility index (Phi) is 4.97. The highest BCUT2D eigenvalue weighted by atomic mass is 16.2. The molecule has 1 heterocycles. The van der Waals surface area contributed by atoms with Gasteiger partial charge in [0.1, 0.15) is 0 Å². The third kappa shape index (κ3) is 4.06. The molecule has 1 aromatic rings. The quantitative estimate of drug-likeness (QED) is 0.872. The van der Waals surface area contributed by atoms with E-state index in [2.05, 4.69) is 48.7 Å². The van der Waals surface area contributed by atoms with Crippen LogP contribution in [0.2, 0.25) is 0 Å². The van der Waals surface area contributed by atoms with E-state index >= 15 is 0 Å². The number of hydrogen-bond acceptors (Lipinski definition) is 2. The molecule has 0 bridgehead atoms. The van der Waals surface area contributed by atoms with Crippen LogP contribution in [-0.2, 0) is 4.79 Å². The third-order valence-corrected chi connectivity index (χ3v) is 3.86. The monoisotopic (exact) mass is 260 g/mol. The van der Waals surface area contributed by atoms with Gasteiger partial charge in [0.2, 0.25) is 5.91 Å². The lowest BCUT2D eigenvalue weighted by molar-refractivity contribution is -0.123. The first-order valence-electron chi connectivity index (χ1n) is 7.24. The van der Waals surface area contributed by atoms with Crippen molar-refractivity contribution < 1.29 is 4.79 Å². The van der Waals surface area contributed by atoms with Gasteiger partial charge in [0.05, 0.1) is 6.04 Å². The molecule has 0 radical (unpaired) electrons. The van der Waals surface area contributed by atoms with Gasteiger partial charge in [0.25, 0.3) is 0 Å². The number of carbonyl (C=O) groups is 1. The molecular weight excluding hydrogens is 236 g/mol. The van der Waals surface area contributed by atoms with Crippen molar-refractivity contribution in [3.8, 4) is 0 Å². The smallest absolute Gasteiger partial charge is 0.237 e. The van der Waals surface area contributed by atoms with E-state index in [9.17, 15) is 4.79 Å². The topological polar surface area (TPSA) is 41.1 Å². The number of benzene rings is 1. The van der Waals surface area contributed by atoms with Crippen molar-refractivity contribution in [2.45, 2.75) is 45.1 Å². The van der Waals surface area contributed by atoms with E-state index in [0.717, 1.165) is 19.4 Å². The maximum atomic E-state index is 12.0. The summed E-state index contributed by atoms with van der Waals surface area (Å²) in [6.45, 7) is 5.91. The zero-order chi connectivity index (χ0) is 13.7. The lowest BCUT2D eigenvalue weighted by Crippen LogP contribution is -2.47. The molecule has 2 atom stereocenters. The molecule has 1 saturated heterocycles. The van der Waals surface area contributed by atoms with E-state index in [0.29, 0.717) is 12.5 Å². The maximum absolute atomic E-state index is 12.0. The second kappa shape index (κ2) is 6.71. The molecule has 1 aliphatic heterocycles. The first-order valence-corrected chi connectivity index (χ1v) is 7.24. The summed E-state index contributed by atoms with van der Waals surface area (Å²) in [5.74, 6) is 0.506. The predicted molar refractivity (Wildman–Crippen MR) is 78.2 cm³/mol. The standard InChI is InChI=1S/C16H24N2O/c1-12-6-8-14(9-7-12)13(2)11-18-16(19)15-5-3-4-10-17-15/h6-9,13,15,17H,3-5,10-11H2,1-2H3,(H,18,19). The van der Waals surface area contributed by atoms with Crippen LogP contribution in [0, 0.1) is 6.92 Å². The van der Waals surface area contributed by atoms with Crippen LogP contribution < -0.4 is 10.6 Å². The van der Waals surface area contributed by atoms with Gasteiger partial charge in [-0.15, -0.1) is 0 Å². The molecule has 19 heavy (non-hydrogen) atoms. The molecule has 3 heteroatoms. The highest BCUT2D eigenvalue weighted by Crippen LogP contribution is 2.15. The third-order valence-electron chi connectivity index (χ3n) is 3.86. The van der Waals surface area contributed by atoms with Crippen molar-refractivity contribution in [1.29, 1.82) is 0 Å². The molecule has 3 nitrogen and oxygen atoms in total. The van der Waals surface area contributed by atoms with Gasteiger partial charge in [-0.2, -0.15) is 0 Å². The number of piperidine rings is 1. The van der Waals surface area contributed by atoms with Crippen molar-refractivity contribution in [3.05, 3.63) is 35.4 Å². The summed E-state index contributed by atoms with van der Waals surface area (Å²) in [6, 6.07) is 8.54. The molecule has 1 aliphatic rings. The summed E-state index contributed by atoms with van der Waals surface area (Å²) < 4.78 is 0. The van der Waals surface area contributed by atoms with Crippen LogP contribution in [0.5, 0.6) is 0 Å². The Morgan fingerprint density at radius 1 is 1.37 bits per heavy atom. The Morgan fingerprint density at radius 3 is 2.74 bits per heavy atom. The Bertz CT molecular complexity index is 407. The van der Waals surface area contributed by atoms with Crippen LogP contribution >= 0.6 is 0 Å². The molecule has 0 spiro atoms. The summed E-state index contributed by atoms with van der Waals surface area (Å²) in [5, 5.41) is 6.34. The minimum atomic E-state index is 0.0129. The number of rotatable bonds is 4. The lowest BCUT2D eigenvalue weighted by atomic mass is 9.99. The molecule has 104 valence electrons. The van der Waals surface area contributed by atoms with Crippen molar-refractivity contribution in [1.82, 2.24) is 10.6 Å². The minimum Gasteiger partial charge on any atom is -0.354 e. The van der Waals surface area contributed by atoms with Gasteiger partial charge in [-0.3, -0.25) is 4.79 Å². The summed E-state index contributed by atoms with van der Waals surface area (Å²) >= 11 is 0. The summed E-state index contributed by atoms with van der Waals surface area (Å²) in [7, 11) is 0. The van der Waals surface area contributed by atoms with Crippen molar-refractivity contribution in [2.24, 2.45) is 0 Å². The van der Waals surface area contributed by atoms with Crippen LogP contribution in [0.3, 0.4) is 0 Å². The van der Waals surface area contributed by atoms with E-state index in [1.165, 1.54) is 17.5 Å². The van der Waals surface area contributed by atoms with E-state index < -0.39 is 0 Å². The normalized spacial score (nSPS) is 20.8.